The number of alkyl carbamates (subject to hydrolysis) is 1. The molecule has 6 heteroatoms. The highest BCUT2D eigenvalue weighted by molar-refractivity contribution is 5.85. The van der Waals surface area contributed by atoms with Crippen LogP contribution in [-0.2, 0) is 16.1 Å². The van der Waals surface area contributed by atoms with Crippen LogP contribution in [0.3, 0.4) is 0 Å². The fourth-order valence-corrected chi connectivity index (χ4v) is 2.61. The van der Waals surface area contributed by atoms with Gasteiger partial charge in [0.1, 0.15) is 24.0 Å². The molecule has 2 aromatic rings. The van der Waals surface area contributed by atoms with E-state index in [1.54, 1.807) is 20.8 Å². The molecule has 0 bridgehead atoms. The van der Waals surface area contributed by atoms with E-state index in [-0.39, 0.29) is 5.91 Å². The summed E-state index contributed by atoms with van der Waals surface area (Å²) in [6.07, 6.45) is 3.46. The molecule has 2 rings (SSSR count). The third kappa shape index (κ3) is 8.39. The number of nitrogens with one attached hydrogen (secondary N) is 2. The molecular weight excluding hydrogens is 380 g/mol. The maximum absolute atomic E-state index is 12.1. The molecule has 0 aliphatic heterocycles. The Morgan fingerprint density at radius 2 is 1.70 bits per heavy atom. The molecule has 160 valence electrons. The van der Waals surface area contributed by atoms with Crippen molar-refractivity contribution in [3.8, 4) is 5.75 Å². The summed E-state index contributed by atoms with van der Waals surface area (Å²) < 4.78 is 11.0. The summed E-state index contributed by atoms with van der Waals surface area (Å²) in [5.41, 5.74) is 1.45. The van der Waals surface area contributed by atoms with Gasteiger partial charge in [0.2, 0.25) is 5.91 Å². The molecule has 0 aliphatic carbocycles. The lowest BCUT2D eigenvalue weighted by molar-refractivity contribution is -0.122. The van der Waals surface area contributed by atoms with Crippen LogP contribution in [0.4, 0.5) is 4.79 Å². The average molecular weight is 411 g/mol. The van der Waals surface area contributed by atoms with Crippen molar-refractivity contribution >= 4 is 18.1 Å². The topological polar surface area (TPSA) is 76.7 Å². The van der Waals surface area contributed by atoms with E-state index in [1.807, 2.05) is 66.7 Å². The quantitative estimate of drug-likeness (QED) is 0.680. The third-order valence-electron chi connectivity index (χ3n) is 4.06. The van der Waals surface area contributed by atoms with Crippen LogP contribution in [-0.4, -0.2) is 30.7 Å². The van der Waals surface area contributed by atoms with Gasteiger partial charge in [-0.05, 0) is 50.5 Å². The summed E-state index contributed by atoms with van der Waals surface area (Å²) >= 11 is 0. The van der Waals surface area contributed by atoms with Crippen LogP contribution in [0.2, 0.25) is 0 Å². The zero-order valence-corrected chi connectivity index (χ0v) is 18.0. The first-order valence-corrected chi connectivity index (χ1v) is 9.91. The molecule has 0 saturated heterocycles. The Morgan fingerprint density at radius 1 is 1.03 bits per heavy atom. The standard InChI is InChI=1S/C24H30N2O4/c1-24(2,3)30-23(28)26-21(22(27)25-4)12-8-11-18-13-15-20(16-14-18)29-17-19-9-6-5-7-10-19/h5-11,13-16,21H,12,17H2,1-4H3,(H,25,27)(H,26,28). The highest BCUT2D eigenvalue weighted by Gasteiger charge is 2.22. The van der Waals surface area contributed by atoms with Gasteiger partial charge < -0.3 is 20.1 Å². The van der Waals surface area contributed by atoms with Crippen molar-refractivity contribution in [2.45, 2.75) is 45.4 Å². The first-order valence-electron chi connectivity index (χ1n) is 9.91. The minimum atomic E-state index is -0.713. The van der Waals surface area contributed by atoms with E-state index in [9.17, 15) is 9.59 Å². The van der Waals surface area contributed by atoms with Crippen LogP contribution < -0.4 is 15.4 Å². The summed E-state index contributed by atoms with van der Waals surface area (Å²) in [5, 5.41) is 5.16. The summed E-state index contributed by atoms with van der Waals surface area (Å²) in [6, 6.07) is 16.9. The van der Waals surface area contributed by atoms with Gasteiger partial charge in [-0.1, -0.05) is 54.6 Å². The Bertz CT molecular complexity index is 840. The maximum atomic E-state index is 12.1. The largest absolute Gasteiger partial charge is 0.489 e. The monoisotopic (exact) mass is 410 g/mol. The van der Waals surface area contributed by atoms with E-state index in [0.29, 0.717) is 13.0 Å². The van der Waals surface area contributed by atoms with Crippen LogP contribution >= 0.6 is 0 Å². The van der Waals surface area contributed by atoms with Gasteiger partial charge in [-0.2, -0.15) is 0 Å². The maximum Gasteiger partial charge on any atom is 0.408 e. The van der Waals surface area contributed by atoms with E-state index in [1.165, 1.54) is 7.05 Å². The smallest absolute Gasteiger partial charge is 0.408 e. The molecule has 30 heavy (non-hydrogen) atoms. The second-order valence-electron chi connectivity index (χ2n) is 7.79. The van der Waals surface area contributed by atoms with Crippen molar-refractivity contribution < 1.29 is 19.1 Å². The lowest BCUT2D eigenvalue weighted by Gasteiger charge is -2.22. The Balaban J connectivity index is 1.89. The molecule has 0 fully saturated rings. The van der Waals surface area contributed by atoms with Crippen LogP contribution in [0.25, 0.3) is 6.08 Å². The molecular formula is C24H30N2O4. The van der Waals surface area contributed by atoms with Crippen LogP contribution in [0.15, 0.2) is 60.7 Å². The summed E-state index contributed by atoms with van der Waals surface area (Å²) in [6.45, 7) is 5.83. The van der Waals surface area contributed by atoms with Gasteiger partial charge in [-0.15, -0.1) is 0 Å². The van der Waals surface area contributed by atoms with Gasteiger partial charge >= 0.3 is 6.09 Å². The first-order chi connectivity index (χ1) is 14.3. The molecule has 2 N–H and O–H groups in total. The van der Waals surface area contributed by atoms with Gasteiger partial charge in [0.15, 0.2) is 0 Å². The molecule has 2 amide bonds. The Morgan fingerprint density at radius 3 is 2.30 bits per heavy atom. The van der Waals surface area contributed by atoms with E-state index < -0.39 is 17.7 Å². The van der Waals surface area contributed by atoms with Crippen molar-refractivity contribution in [3.63, 3.8) is 0 Å². The predicted molar refractivity (Wildman–Crippen MR) is 118 cm³/mol. The molecule has 0 aromatic heterocycles. The molecule has 1 unspecified atom stereocenters. The number of amides is 2. The second kappa shape index (κ2) is 11.0. The normalized spacial score (nSPS) is 12.3. The van der Waals surface area contributed by atoms with Gasteiger partial charge in [-0.3, -0.25) is 4.79 Å². The SMILES string of the molecule is CNC(=O)C(CC=Cc1ccc(OCc2ccccc2)cc1)NC(=O)OC(C)(C)C. The molecule has 0 saturated carbocycles. The zero-order valence-electron chi connectivity index (χ0n) is 18.0. The van der Waals surface area contributed by atoms with Crippen LogP contribution in [0, 0.1) is 0 Å². The lowest BCUT2D eigenvalue weighted by Crippen LogP contribution is -2.47. The third-order valence-corrected chi connectivity index (χ3v) is 4.06. The number of ether oxygens (including phenoxy) is 2. The van der Waals surface area contributed by atoms with Gasteiger partial charge in [0, 0.05) is 7.05 Å². The Labute approximate surface area is 178 Å². The van der Waals surface area contributed by atoms with Gasteiger partial charge in [0.05, 0.1) is 0 Å². The average Bonchev–Trinajstić information content (AvgIpc) is 2.71. The highest BCUT2D eigenvalue weighted by Crippen LogP contribution is 2.15. The van der Waals surface area contributed by atoms with E-state index >= 15 is 0 Å². The van der Waals surface area contributed by atoms with Crippen molar-refractivity contribution in [2.24, 2.45) is 0 Å². The fourth-order valence-electron chi connectivity index (χ4n) is 2.61. The molecule has 0 aliphatic rings. The molecule has 2 aromatic carbocycles. The molecule has 0 radical (unpaired) electrons. The summed E-state index contributed by atoms with van der Waals surface area (Å²) in [4.78, 5) is 24.0. The van der Waals surface area contributed by atoms with Crippen LogP contribution in [0.1, 0.15) is 38.3 Å². The fraction of sp³-hybridized carbons (Fsp3) is 0.333. The van der Waals surface area contributed by atoms with Crippen molar-refractivity contribution in [1.29, 1.82) is 0 Å². The van der Waals surface area contributed by atoms with E-state index in [2.05, 4.69) is 10.6 Å². The predicted octanol–water partition coefficient (Wildman–Crippen LogP) is 4.31. The first kappa shape index (κ1) is 23.0. The number of hydrogen-bond donors (Lipinski definition) is 2. The zero-order chi connectivity index (χ0) is 22.0. The molecule has 0 spiro atoms. The Hall–Kier alpha value is -3.28. The minimum absolute atomic E-state index is 0.282. The number of carbonyl (C=O) groups is 2. The molecule has 1 atom stereocenters. The summed E-state index contributed by atoms with van der Waals surface area (Å²) in [7, 11) is 1.53. The molecule has 0 heterocycles. The van der Waals surface area contributed by atoms with E-state index in [0.717, 1.165) is 16.9 Å². The number of benzene rings is 2. The van der Waals surface area contributed by atoms with Crippen LogP contribution in [0.5, 0.6) is 5.75 Å². The number of carbonyl (C=O) groups excluding carboxylic acids is 2. The van der Waals surface area contributed by atoms with Gasteiger partial charge in [0.25, 0.3) is 0 Å². The number of hydrogen-bond acceptors (Lipinski definition) is 4. The van der Waals surface area contributed by atoms with Crippen molar-refractivity contribution in [2.75, 3.05) is 7.05 Å². The molecule has 6 nitrogen and oxygen atoms in total. The minimum Gasteiger partial charge on any atom is -0.489 e. The van der Waals surface area contributed by atoms with Crippen molar-refractivity contribution in [1.82, 2.24) is 10.6 Å². The lowest BCUT2D eigenvalue weighted by atomic mass is 10.1. The number of rotatable bonds is 8. The van der Waals surface area contributed by atoms with Gasteiger partial charge in [-0.25, -0.2) is 4.79 Å². The second-order valence-corrected chi connectivity index (χ2v) is 7.79. The van der Waals surface area contributed by atoms with Crippen molar-refractivity contribution in [3.05, 3.63) is 71.8 Å². The summed E-state index contributed by atoms with van der Waals surface area (Å²) in [5.74, 6) is 0.501. The Kier molecular flexibility index (Phi) is 8.47. The highest BCUT2D eigenvalue weighted by atomic mass is 16.6. The number of likely N-dealkylation sites (N-methyl/N-ethyl adjacent to an activating group) is 1. The van der Waals surface area contributed by atoms with E-state index in [4.69, 9.17) is 9.47 Å².